The lowest BCUT2D eigenvalue weighted by atomic mass is 10.0. The Kier molecular flexibility index (Phi) is 3.72. The van der Waals surface area contributed by atoms with Gasteiger partial charge in [0.05, 0.1) is 15.5 Å². The monoisotopic (exact) mass is 353 g/mol. The molecule has 0 saturated heterocycles. The molecule has 23 heavy (non-hydrogen) atoms. The lowest BCUT2D eigenvalue weighted by Gasteiger charge is -2.27. The van der Waals surface area contributed by atoms with Crippen LogP contribution in [0.25, 0.3) is 0 Å². The molecule has 0 saturated carbocycles. The molecule has 1 heterocycles. The molecule has 122 valence electrons. The molecule has 0 aromatic heterocycles. The van der Waals surface area contributed by atoms with Crippen molar-refractivity contribution in [3.05, 3.63) is 59.7 Å². The summed E-state index contributed by atoms with van der Waals surface area (Å²) < 4.78 is 46.3. The van der Waals surface area contributed by atoms with Gasteiger partial charge in [-0.2, -0.15) is 10.6 Å². The summed E-state index contributed by atoms with van der Waals surface area (Å²) in [5, 5.41) is -1.21. The van der Waals surface area contributed by atoms with Crippen LogP contribution >= 0.6 is 10.6 Å². The molecule has 1 aliphatic rings. The lowest BCUT2D eigenvalue weighted by Crippen LogP contribution is -2.20. The van der Waals surface area contributed by atoms with Crippen LogP contribution in [0, 0.1) is 0 Å². The number of benzene rings is 2. The first-order chi connectivity index (χ1) is 10.7. The van der Waals surface area contributed by atoms with Crippen molar-refractivity contribution in [2.45, 2.75) is 15.0 Å². The Labute approximate surface area is 135 Å². The Morgan fingerprint density at radius 1 is 1.09 bits per heavy atom. The van der Waals surface area contributed by atoms with E-state index < -0.39 is 31.6 Å². The second-order valence-corrected chi connectivity index (χ2v) is 9.50. The van der Waals surface area contributed by atoms with E-state index in [0.717, 1.165) is 0 Å². The zero-order valence-electron chi connectivity index (χ0n) is 11.9. The van der Waals surface area contributed by atoms with Crippen molar-refractivity contribution in [3.8, 4) is 0 Å². The Morgan fingerprint density at radius 3 is 2.35 bits per heavy atom. The molecular weight excluding hydrogens is 338 g/mol. The number of carbonyl (C=O) groups is 1. The predicted octanol–water partition coefficient (Wildman–Crippen LogP) is 2.42. The Balaban J connectivity index is 2.25. The fraction of sp³-hybridized carbons (Fsp3) is 0.133. The highest BCUT2D eigenvalue weighted by atomic mass is 32.3. The van der Waals surface area contributed by atoms with E-state index in [2.05, 4.69) is 0 Å². The summed E-state index contributed by atoms with van der Waals surface area (Å²) in [5.74, 6) is -1.17. The van der Waals surface area contributed by atoms with Crippen molar-refractivity contribution in [1.82, 2.24) is 0 Å². The van der Waals surface area contributed by atoms with Crippen LogP contribution in [0.4, 0.5) is 0 Å². The van der Waals surface area contributed by atoms with Gasteiger partial charge in [0, 0.05) is 11.1 Å². The van der Waals surface area contributed by atoms with Crippen molar-refractivity contribution >= 4 is 26.3 Å². The molecule has 0 bridgehead atoms. The number of hydrogen-bond acceptors (Lipinski definition) is 5. The molecule has 3 rings (SSSR count). The van der Waals surface area contributed by atoms with Gasteiger partial charge in [-0.15, -0.1) is 0 Å². The zero-order valence-corrected chi connectivity index (χ0v) is 13.5. The second-order valence-electron chi connectivity index (χ2n) is 5.26. The third-order valence-electron chi connectivity index (χ3n) is 3.84. The maximum Gasteiger partial charge on any atom is 0.249 e. The topological polar surface area (TPSA) is 118 Å². The van der Waals surface area contributed by atoms with Gasteiger partial charge < -0.3 is 5.73 Å². The van der Waals surface area contributed by atoms with E-state index in [-0.39, 0.29) is 26.7 Å². The largest absolute Gasteiger partial charge is 0.366 e. The quantitative estimate of drug-likeness (QED) is 0.783. The van der Waals surface area contributed by atoms with Gasteiger partial charge >= 0.3 is 0 Å². The summed E-state index contributed by atoms with van der Waals surface area (Å²) in [6.07, 6.45) is 0. The van der Waals surface area contributed by atoms with E-state index in [4.69, 9.17) is 5.73 Å². The van der Waals surface area contributed by atoms with Crippen LogP contribution in [0.3, 0.4) is 0 Å². The molecule has 1 aliphatic heterocycles. The first-order valence-corrected chi connectivity index (χ1v) is 9.99. The number of amides is 1. The molecule has 6 nitrogen and oxygen atoms in total. The molecule has 0 radical (unpaired) electrons. The fourth-order valence-electron chi connectivity index (χ4n) is 2.78. The minimum Gasteiger partial charge on any atom is -0.366 e. The van der Waals surface area contributed by atoms with Gasteiger partial charge in [-0.05, 0) is 24.3 Å². The highest BCUT2D eigenvalue weighted by Gasteiger charge is 2.45. The molecule has 4 N–H and O–H groups in total. The number of rotatable bonds is 3. The second kappa shape index (κ2) is 5.34. The normalized spacial score (nSPS) is 20.7. The lowest BCUT2D eigenvalue weighted by molar-refractivity contribution is 0.0999. The van der Waals surface area contributed by atoms with Gasteiger partial charge in [0.1, 0.15) is 5.25 Å². The highest BCUT2D eigenvalue weighted by Crippen LogP contribution is 2.61. The molecular formula is C15H15NO5S2. The average Bonchev–Trinajstić information content (AvgIpc) is 2.80. The Bertz CT molecular complexity index is 878. The van der Waals surface area contributed by atoms with Gasteiger partial charge in [0.15, 0.2) is 9.84 Å². The standard InChI is InChI=1S/C15H15NO5S2/c16-15(17)11-7-4-8-12-14(11)13(9-22(12,18)19)23(20,21)10-5-2-1-3-6-10/h1-8,13,18-19H,9H2,(H2,16,17). The van der Waals surface area contributed by atoms with Crippen LogP contribution in [-0.2, 0) is 9.84 Å². The van der Waals surface area contributed by atoms with E-state index in [1.54, 1.807) is 18.2 Å². The van der Waals surface area contributed by atoms with Gasteiger partial charge in [-0.1, -0.05) is 24.3 Å². The average molecular weight is 353 g/mol. The molecule has 1 amide bonds. The minimum absolute atomic E-state index is 0.00415. The third kappa shape index (κ3) is 2.53. The van der Waals surface area contributed by atoms with Crippen molar-refractivity contribution in [2.75, 3.05) is 5.75 Å². The van der Waals surface area contributed by atoms with Crippen molar-refractivity contribution in [1.29, 1.82) is 0 Å². The fourth-order valence-corrected chi connectivity index (χ4v) is 7.24. The maximum atomic E-state index is 12.9. The molecule has 1 unspecified atom stereocenters. The van der Waals surface area contributed by atoms with E-state index >= 15 is 0 Å². The summed E-state index contributed by atoms with van der Waals surface area (Å²) in [5.41, 5.74) is 5.44. The van der Waals surface area contributed by atoms with E-state index in [1.165, 1.54) is 30.3 Å². The summed E-state index contributed by atoms with van der Waals surface area (Å²) in [6.45, 7) is 0. The highest BCUT2D eigenvalue weighted by molar-refractivity contribution is 8.25. The van der Waals surface area contributed by atoms with Crippen LogP contribution in [0.1, 0.15) is 21.2 Å². The molecule has 1 atom stereocenters. The summed E-state index contributed by atoms with van der Waals surface area (Å²) in [7, 11) is -7.17. The van der Waals surface area contributed by atoms with Crippen LogP contribution < -0.4 is 5.73 Å². The molecule has 8 heteroatoms. The summed E-state index contributed by atoms with van der Waals surface area (Å²) in [4.78, 5) is 11.8. The first kappa shape index (κ1) is 16.0. The van der Waals surface area contributed by atoms with Crippen molar-refractivity contribution < 1.29 is 22.3 Å². The van der Waals surface area contributed by atoms with Gasteiger partial charge in [0.25, 0.3) is 0 Å². The number of primary amides is 1. The SMILES string of the molecule is NC(=O)c1cccc2c1C(S(=O)(=O)c1ccccc1)CS2(O)O. The summed E-state index contributed by atoms with van der Waals surface area (Å²) >= 11 is 0. The van der Waals surface area contributed by atoms with Gasteiger partial charge in [-0.25, -0.2) is 8.42 Å². The van der Waals surface area contributed by atoms with Gasteiger partial charge in [0.2, 0.25) is 5.91 Å². The zero-order chi connectivity index (χ0) is 16.8. The number of carbonyl (C=O) groups excluding carboxylic acids is 1. The summed E-state index contributed by atoms with van der Waals surface area (Å²) in [6, 6.07) is 12.0. The van der Waals surface area contributed by atoms with E-state index in [0.29, 0.717) is 0 Å². The van der Waals surface area contributed by atoms with Crippen LogP contribution in [0.15, 0.2) is 58.3 Å². The van der Waals surface area contributed by atoms with Crippen LogP contribution in [0.2, 0.25) is 0 Å². The number of sulfone groups is 1. The molecule has 2 aromatic carbocycles. The first-order valence-electron chi connectivity index (χ1n) is 6.73. The van der Waals surface area contributed by atoms with E-state index in [1.807, 2.05) is 0 Å². The third-order valence-corrected chi connectivity index (χ3v) is 7.99. The number of hydrogen-bond donors (Lipinski definition) is 3. The number of nitrogens with two attached hydrogens (primary N) is 1. The smallest absolute Gasteiger partial charge is 0.249 e. The molecule has 0 aliphatic carbocycles. The van der Waals surface area contributed by atoms with Crippen LogP contribution in [-0.4, -0.2) is 29.2 Å². The van der Waals surface area contributed by atoms with Crippen molar-refractivity contribution in [2.24, 2.45) is 5.73 Å². The predicted molar refractivity (Wildman–Crippen MR) is 87.3 cm³/mol. The van der Waals surface area contributed by atoms with Crippen molar-refractivity contribution in [3.63, 3.8) is 0 Å². The molecule has 0 spiro atoms. The Morgan fingerprint density at radius 2 is 1.74 bits per heavy atom. The maximum absolute atomic E-state index is 12.9. The van der Waals surface area contributed by atoms with E-state index in [9.17, 15) is 22.3 Å². The molecule has 2 aromatic rings. The molecule has 0 fully saturated rings. The Hall–Kier alpha value is -1.87. The van der Waals surface area contributed by atoms with Crippen LogP contribution in [0.5, 0.6) is 0 Å². The minimum atomic E-state index is -3.89. The van der Waals surface area contributed by atoms with Gasteiger partial charge in [-0.3, -0.25) is 13.9 Å². The number of fused-ring (bicyclic) bond motifs is 1.